The van der Waals surface area contributed by atoms with Crippen LogP contribution < -0.4 is 10.6 Å². The first-order chi connectivity index (χ1) is 7.86. The van der Waals surface area contributed by atoms with Crippen LogP contribution in [0.3, 0.4) is 0 Å². The van der Waals surface area contributed by atoms with Crippen molar-refractivity contribution in [2.75, 3.05) is 11.9 Å². The molecule has 1 amide bonds. The van der Waals surface area contributed by atoms with Crippen molar-refractivity contribution >= 4 is 39.1 Å². The van der Waals surface area contributed by atoms with Gasteiger partial charge in [-0.2, -0.15) is 0 Å². The molecule has 1 aromatic carbocycles. The van der Waals surface area contributed by atoms with Crippen LogP contribution in [0.5, 0.6) is 0 Å². The van der Waals surface area contributed by atoms with Crippen molar-refractivity contribution in [1.82, 2.24) is 5.32 Å². The Morgan fingerprint density at radius 3 is 2.71 bits per heavy atom. The van der Waals surface area contributed by atoms with Gasteiger partial charge in [0.05, 0.1) is 11.2 Å². The Hall–Kier alpha value is -0.580. The van der Waals surface area contributed by atoms with Gasteiger partial charge in [0.2, 0.25) is 5.91 Å². The fourth-order valence-electron chi connectivity index (χ4n) is 1.39. The van der Waals surface area contributed by atoms with Gasteiger partial charge < -0.3 is 10.6 Å². The quantitative estimate of drug-likeness (QED) is 0.892. The van der Waals surface area contributed by atoms with Gasteiger partial charge in [-0.1, -0.05) is 18.5 Å². The highest BCUT2D eigenvalue weighted by Crippen LogP contribution is 2.26. The summed E-state index contributed by atoms with van der Waals surface area (Å²) in [7, 11) is 0. The van der Waals surface area contributed by atoms with Gasteiger partial charge in [-0.3, -0.25) is 4.79 Å². The highest BCUT2D eigenvalue weighted by atomic mass is 79.9. The summed E-state index contributed by atoms with van der Waals surface area (Å²) in [4.78, 5) is 12.1. The minimum Gasteiger partial charge on any atom is -0.323 e. The van der Waals surface area contributed by atoms with E-state index in [1.807, 2.05) is 20.8 Å². The molecule has 94 valence electrons. The van der Waals surface area contributed by atoms with E-state index in [0.717, 1.165) is 11.0 Å². The SMILES string of the molecule is CCNC(C)(C)C(=O)Nc1cc(Cl)ccc1Br. The smallest absolute Gasteiger partial charge is 0.244 e. The molecule has 5 heteroatoms. The van der Waals surface area contributed by atoms with Gasteiger partial charge in [-0.15, -0.1) is 0 Å². The van der Waals surface area contributed by atoms with E-state index in [2.05, 4.69) is 26.6 Å². The van der Waals surface area contributed by atoms with Crippen molar-refractivity contribution in [2.24, 2.45) is 0 Å². The molecular weight excluding hydrogens is 304 g/mol. The Morgan fingerprint density at radius 1 is 1.47 bits per heavy atom. The van der Waals surface area contributed by atoms with Gasteiger partial charge >= 0.3 is 0 Å². The van der Waals surface area contributed by atoms with Crippen LogP contribution >= 0.6 is 27.5 Å². The van der Waals surface area contributed by atoms with E-state index in [1.165, 1.54) is 0 Å². The molecule has 0 unspecified atom stereocenters. The standard InChI is InChI=1S/C12H16BrClN2O/c1-4-15-12(2,3)11(17)16-10-7-8(14)5-6-9(10)13/h5-7,15H,4H2,1-3H3,(H,16,17). The molecule has 0 atom stereocenters. The van der Waals surface area contributed by atoms with E-state index >= 15 is 0 Å². The highest BCUT2D eigenvalue weighted by Gasteiger charge is 2.26. The van der Waals surface area contributed by atoms with E-state index in [-0.39, 0.29) is 5.91 Å². The molecular formula is C12H16BrClN2O. The van der Waals surface area contributed by atoms with Crippen LogP contribution in [0.1, 0.15) is 20.8 Å². The highest BCUT2D eigenvalue weighted by molar-refractivity contribution is 9.10. The molecule has 0 aromatic heterocycles. The summed E-state index contributed by atoms with van der Waals surface area (Å²) in [5, 5.41) is 6.55. The van der Waals surface area contributed by atoms with Crippen molar-refractivity contribution in [1.29, 1.82) is 0 Å². The van der Waals surface area contributed by atoms with Crippen molar-refractivity contribution < 1.29 is 4.79 Å². The summed E-state index contributed by atoms with van der Waals surface area (Å²) in [5.74, 6) is -0.0951. The number of anilines is 1. The van der Waals surface area contributed by atoms with Gasteiger partial charge in [-0.05, 0) is 54.5 Å². The molecule has 0 spiro atoms. The van der Waals surface area contributed by atoms with Crippen LogP contribution in [0.25, 0.3) is 0 Å². The van der Waals surface area contributed by atoms with Crippen LogP contribution in [0.15, 0.2) is 22.7 Å². The van der Waals surface area contributed by atoms with E-state index in [4.69, 9.17) is 11.6 Å². The Labute approximate surface area is 115 Å². The maximum absolute atomic E-state index is 12.1. The fourth-order valence-corrected chi connectivity index (χ4v) is 1.91. The number of benzene rings is 1. The second-order valence-corrected chi connectivity index (χ2v) is 5.52. The first-order valence-electron chi connectivity index (χ1n) is 5.38. The van der Waals surface area contributed by atoms with E-state index < -0.39 is 5.54 Å². The van der Waals surface area contributed by atoms with E-state index in [1.54, 1.807) is 18.2 Å². The number of halogens is 2. The lowest BCUT2D eigenvalue weighted by molar-refractivity contribution is -0.121. The molecule has 2 N–H and O–H groups in total. The topological polar surface area (TPSA) is 41.1 Å². The molecule has 0 aliphatic carbocycles. The summed E-state index contributed by atoms with van der Waals surface area (Å²) in [5.41, 5.74) is 0.0599. The predicted octanol–water partition coefficient (Wildman–Crippen LogP) is 3.43. The Balaban J connectivity index is 2.84. The molecule has 1 aromatic rings. The van der Waals surface area contributed by atoms with Crippen LogP contribution in [-0.4, -0.2) is 18.0 Å². The fraction of sp³-hybridized carbons (Fsp3) is 0.417. The third-order valence-electron chi connectivity index (χ3n) is 2.36. The Bertz CT molecular complexity index is 421. The number of hydrogen-bond acceptors (Lipinski definition) is 2. The second kappa shape index (κ2) is 5.85. The third-order valence-corrected chi connectivity index (χ3v) is 3.29. The maximum Gasteiger partial charge on any atom is 0.244 e. The van der Waals surface area contributed by atoms with Crippen LogP contribution in [-0.2, 0) is 4.79 Å². The molecule has 3 nitrogen and oxygen atoms in total. The van der Waals surface area contributed by atoms with Gasteiger partial charge in [0.25, 0.3) is 0 Å². The zero-order valence-electron chi connectivity index (χ0n) is 10.1. The molecule has 1 rings (SSSR count). The number of carbonyl (C=O) groups excluding carboxylic acids is 1. The zero-order valence-corrected chi connectivity index (χ0v) is 12.4. The lowest BCUT2D eigenvalue weighted by Crippen LogP contribution is -2.49. The number of likely N-dealkylation sites (N-methyl/N-ethyl adjacent to an activating group) is 1. The van der Waals surface area contributed by atoms with E-state index in [0.29, 0.717) is 10.7 Å². The normalized spacial score (nSPS) is 11.4. The van der Waals surface area contributed by atoms with Crippen molar-refractivity contribution in [3.63, 3.8) is 0 Å². The molecule has 17 heavy (non-hydrogen) atoms. The molecule has 0 bridgehead atoms. The third kappa shape index (κ3) is 3.98. The number of amides is 1. The average Bonchev–Trinajstić information content (AvgIpc) is 2.23. The zero-order chi connectivity index (χ0) is 13.1. The second-order valence-electron chi connectivity index (χ2n) is 4.23. The minimum atomic E-state index is -0.615. The molecule has 0 aliphatic rings. The molecule has 0 aliphatic heterocycles. The summed E-state index contributed by atoms with van der Waals surface area (Å²) in [6, 6.07) is 5.28. The molecule has 0 heterocycles. The first kappa shape index (κ1) is 14.5. The average molecular weight is 320 g/mol. The number of nitrogens with one attached hydrogen (secondary N) is 2. The van der Waals surface area contributed by atoms with Crippen LogP contribution in [0.4, 0.5) is 5.69 Å². The summed E-state index contributed by atoms with van der Waals surface area (Å²) >= 11 is 9.26. The lowest BCUT2D eigenvalue weighted by atomic mass is 10.0. The van der Waals surface area contributed by atoms with Crippen molar-refractivity contribution in [3.8, 4) is 0 Å². The van der Waals surface area contributed by atoms with Gasteiger partial charge in [-0.25, -0.2) is 0 Å². The predicted molar refractivity (Wildman–Crippen MR) is 75.5 cm³/mol. The monoisotopic (exact) mass is 318 g/mol. The first-order valence-corrected chi connectivity index (χ1v) is 6.55. The van der Waals surface area contributed by atoms with Gasteiger partial charge in [0, 0.05) is 9.50 Å². The summed E-state index contributed by atoms with van der Waals surface area (Å²) < 4.78 is 0.808. The van der Waals surface area contributed by atoms with Gasteiger partial charge in [0.15, 0.2) is 0 Å². The molecule has 0 radical (unpaired) electrons. The number of rotatable bonds is 4. The maximum atomic E-state index is 12.1. The van der Waals surface area contributed by atoms with Crippen LogP contribution in [0, 0.1) is 0 Å². The van der Waals surface area contributed by atoms with Crippen LogP contribution in [0.2, 0.25) is 5.02 Å². The Morgan fingerprint density at radius 2 is 2.12 bits per heavy atom. The molecule has 0 saturated heterocycles. The van der Waals surface area contributed by atoms with E-state index in [9.17, 15) is 4.79 Å². The summed E-state index contributed by atoms with van der Waals surface area (Å²) in [6.45, 7) is 6.37. The Kier molecular flexibility index (Phi) is 4.98. The van der Waals surface area contributed by atoms with Gasteiger partial charge in [0.1, 0.15) is 0 Å². The largest absolute Gasteiger partial charge is 0.323 e. The number of carbonyl (C=O) groups is 1. The van der Waals surface area contributed by atoms with Crippen molar-refractivity contribution in [2.45, 2.75) is 26.3 Å². The molecule has 0 fully saturated rings. The number of hydrogen-bond donors (Lipinski definition) is 2. The molecule has 0 saturated carbocycles. The lowest BCUT2D eigenvalue weighted by Gasteiger charge is -2.24. The minimum absolute atomic E-state index is 0.0951. The van der Waals surface area contributed by atoms with Crippen molar-refractivity contribution in [3.05, 3.63) is 27.7 Å². The summed E-state index contributed by atoms with van der Waals surface area (Å²) in [6.07, 6.45) is 0.